The highest BCUT2D eigenvalue weighted by atomic mass is 16.6. The highest BCUT2D eigenvalue weighted by Crippen LogP contribution is 2.15. The Bertz CT molecular complexity index is 946. The van der Waals surface area contributed by atoms with Crippen LogP contribution in [0, 0.1) is 10.1 Å². The maximum Gasteiger partial charge on any atom is 0.306 e. The van der Waals surface area contributed by atoms with Crippen molar-refractivity contribution in [2.45, 2.75) is 19.3 Å². The molecule has 3 N–H and O–H groups in total. The fraction of sp³-hybridized carbons (Fsp3) is 0.200. The van der Waals surface area contributed by atoms with Gasteiger partial charge in [0.15, 0.2) is 6.61 Å². The third-order valence-corrected chi connectivity index (χ3v) is 3.86. The number of nitrogens with one attached hydrogen (secondary N) is 3. The summed E-state index contributed by atoms with van der Waals surface area (Å²) in [5.41, 5.74) is 4.98. The molecule has 0 fully saturated rings. The number of esters is 1. The molecule has 162 valence electrons. The number of carbonyl (C=O) groups is 4. The molecule has 0 atom stereocenters. The summed E-state index contributed by atoms with van der Waals surface area (Å²) >= 11 is 0. The first-order chi connectivity index (χ1) is 14.8. The summed E-state index contributed by atoms with van der Waals surface area (Å²) in [6.07, 6.45) is 0.118. The molecule has 0 spiro atoms. The van der Waals surface area contributed by atoms with Crippen LogP contribution in [0.25, 0.3) is 0 Å². The van der Waals surface area contributed by atoms with Crippen LogP contribution in [0.3, 0.4) is 0 Å². The zero-order chi connectivity index (χ0) is 22.6. The maximum atomic E-state index is 11.8. The van der Waals surface area contributed by atoms with Gasteiger partial charge in [0.2, 0.25) is 5.91 Å². The van der Waals surface area contributed by atoms with Gasteiger partial charge in [0, 0.05) is 36.2 Å². The van der Waals surface area contributed by atoms with Gasteiger partial charge in [0.1, 0.15) is 0 Å². The van der Waals surface area contributed by atoms with Crippen molar-refractivity contribution >= 4 is 35.1 Å². The number of nitro groups is 1. The van der Waals surface area contributed by atoms with Crippen LogP contribution >= 0.6 is 0 Å². The molecule has 2 aromatic rings. The minimum absolute atomic E-state index is 0.0193. The van der Waals surface area contributed by atoms with Crippen molar-refractivity contribution in [1.82, 2.24) is 10.9 Å². The second-order valence-electron chi connectivity index (χ2n) is 6.23. The van der Waals surface area contributed by atoms with E-state index < -0.39 is 29.3 Å². The Morgan fingerprint density at radius 1 is 0.871 bits per heavy atom. The monoisotopic (exact) mass is 428 g/mol. The summed E-state index contributed by atoms with van der Waals surface area (Å²) in [7, 11) is 0. The molecule has 0 saturated carbocycles. The number of non-ortho nitro benzene ring substituents is 1. The number of anilines is 1. The molecule has 0 saturated heterocycles. The number of hydrazine groups is 1. The van der Waals surface area contributed by atoms with Crippen LogP contribution in [0.4, 0.5) is 11.4 Å². The molecule has 0 radical (unpaired) electrons. The average molecular weight is 428 g/mol. The molecular formula is C20H20N4O7. The SMILES string of the molecule is O=C(COC(=O)CCCC(=O)Nc1ccc([N+](=O)[O-])cc1)NNC(=O)c1ccccc1. The van der Waals surface area contributed by atoms with Gasteiger partial charge in [-0.1, -0.05) is 18.2 Å². The number of ether oxygens (including phenoxy) is 1. The van der Waals surface area contributed by atoms with Gasteiger partial charge in [-0.3, -0.25) is 40.1 Å². The molecule has 0 aliphatic rings. The number of rotatable bonds is 9. The number of benzene rings is 2. The Balaban J connectivity index is 1.59. The summed E-state index contributed by atoms with van der Waals surface area (Å²) in [5.74, 6) is -2.27. The Kier molecular flexibility index (Phi) is 8.65. The Morgan fingerprint density at radius 2 is 1.55 bits per heavy atom. The van der Waals surface area contributed by atoms with Crippen molar-refractivity contribution in [1.29, 1.82) is 0 Å². The van der Waals surface area contributed by atoms with Gasteiger partial charge in [-0.05, 0) is 30.7 Å². The fourth-order valence-electron chi connectivity index (χ4n) is 2.33. The lowest BCUT2D eigenvalue weighted by molar-refractivity contribution is -0.384. The van der Waals surface area contributed by atoms with Gasteiger partial charge in [0.05, 0.1) is 4.92 Å². The van der Waals surface area contributed by atoms with Crippen molar-refractivity contribution in [3.05, 3.63) is 70.3 Å². The molecule has 0 aromatic heterocycles. The summed E-state index contributed by atoms with van der Waals surface area (Å²) in [6.45, 7) is -0.580. The smallest absolute Gasteiger partial charge is 0.306 e. The second kappa shape index (κ2) is 11.7. The summed E-state index contributed by atoms with van der Waals surface area (Å²) in [4.78, 5) is 56.9. The molecule has 0 heterocycles. The Labute approximate surface area is 176 Å². The normalized spacial score (nSPS) is 9.94. The lowest BCUT2D eigenvalue weighted by atomic mass is 10.2. The summed E-state index contributed by atoms with van der Waals surface area (Å²) in [6, 6.07) is 13.6. The molecule has 11 heteroatoms. The number of carbonyl (C=O) groups excluding carboxylic acids is 4. The van der Waals surface area contributed by atoms with E-state index in [1.54, 1.807) is 30.3 Å². The standard InChI is InChI=1S/C20H20N4O7/c25-17(21-15-9-11-16(12-10-15)24(29)30)7-4-8-19(27)31-13-18(26)22-23-20(28)14-5-2-1-3-6-14/h1-3,5-6,9-12H,4,7-8,13H2,(H,21,25)(H,22,26)(H,23,28). The predicted octanol–water partition coefficient (Wildman–Crippen LogP) is 1.71. The fourth-order valence-corrected chi connectivity index (χ4v) is 2.33. The predicted molar refractivity (Wildman–Crippen MR) is 109 cm³/mol. The van der Waals surface area contributed by atoms with Crippen LogP contribution in [0.15, 0.2) is 54.6 Å². The van der Waals surface area contributed by atoms with E-state index in [1.165, 1.54) is 24.3 Å². The molecule has 3 amide bonds. The van der Waals surface area contributed by atoms with Crippen molar-refractivity contribution in [3.8, 4) is 0 Å². The van der Waals surface area contributed by atoms with E-state index in [-0.39, 0.29) is 30.9 Å². The first-order valence-corrected chi connectivity index (χ1v) is 9.19. The quantitative estimate of drug-likeness (QED) is 0.312. The Morgan fingerprint density at radius 3 is 2.19 bits per heavy atom. The van der Waals surface area contributed by atoms with Crippen LogP contribution in [0.1, 0.15) is 29.6 Å². The van der Waals surface area contributed by atoms with Gasteiger partial charge >= 0.3 is 5.97 Å². The molecule has 2 rings (SSSR count). The molecular weight excluding hydrogens is 408 g/mol. The van der Waals surface area contributed by atoms with Crippen LogP contribution < -0.4 is 16.2 Å². The van der Waals surface area contributed by atoms with E-state index in [2.05, 4.69) is 16.2 Å². The lowest BCUT2D eigenvalue weighted by Crippen LogP contribution is -2.43. The zero-order valence-electron chi connectivity index (χ0n) is 16.3. The number of hydrogen-bond acceptors (Lipinski definition) is 7. The van der Waals surface area contributed by atoms with Crippen molar-refractivity contribution in [3.63, 3.8) is 0 Å². The molecule has 31 heavy (non-hydrogen) atoms. The third kappa shape index (κ3) is 8.31. The lowest BCUT2D eigenvalue weighted by Gasteiger charge is -2.08. The Hall–Kier alpha value is -4.28. The van der Waals surface area contributed by atoms with Crippen molar-refractivity contribution < 1.29 is 28.8 Å². The summed E-state index contributed by atoms with van der Waals surface area (Å²) < 4.78 is 4.78. The van der Waals surface area contributed by atoms with Crippen molar-refractivity contribution in [2.75, 3.05) is 11.9 Å². The first kappa shape index (κ1) is 23.0. The third-order valence-electron chi connectivity index (χ3n) is 3.86. The molecule has 0 unspecified atom stereocenters. The molecule has 2 aromatic carbocycles. The van der Waals surface area contributed by atoms with Crippen LogP contribution in [-0.4, -0.2) is 35.2 Å². The largest absolute Gasteiger partial charge is 0.455 e. The van der Waals surface area contributed by atoms with E-state index in [4.69, 9.17) is 4.74 Å². The molecule has 11 nitrogen and oxygen atoms in total. The number of nitro benzene ring substituents is 1. The van der Waals surface area contributed by atoms with E-state index in [0.29, 0.717) is 11.3 Å². The number of nitrogens with zero attached hydrogens (tertiary/aromatic N) is 1. The maximum absolute atomic E-state index is 11.8. The average Bonchev–Trinajstić information content (AvgIpc) is 2.77. The topological polar surface area (TPSA) is 157 Å². The molecule has 0 aliphatic carbocycles. The van der Waals surface area contributed by atoms with E-state index in [9.17, 15) is 29.3 Å². The highest BCUT2D eigenvalue weighted by Gasteiger charge is 2.11. The highest BCUT2D eigenvalue weighted by molar-refractivity contribution is 5.95. The van der Waals surface area contributed by atoms with Crippen LogP contribution in [-0.2, 0) is 19.1 Å². The van der Waals surface area contributed by atoms with E-state index in [0.717, 1.165) is 0 Å². The van der Waals surface area contributed by atoms with E-state index >= 15 is 0 Å². The zero-order valence-corrected chi connectivity index (χ0v) is 16.3. The second-order valence-corrected chi connectivity index (χ2v) is 6.23. The van der Waals surface area contributed by atoms with Crippen LogP contribution in [0.2, 0.25) is 0 Å². The summed E-state index contributed by atoms with van der Waals surface area (Å²) in [5, 5.41) is 13.1. The van der Waals surface area contributed by atoms with Gasteiger partial charge in [-0.2, -0.15) is 0 Å². The molecule has 0 aliphatic heterocycles. The van der Waals surface area contributed by atoms with Gasteiger partial charge in [-0.15, -0.1) is 0 Å². The van der Waals surface area contributed by atoms with Gasteiger partial charge in [-0.25, -0.2) is 0 Å². The first-order valence-electron chi connectivity index (χ1n) is 9.19. The minimum Gasteiger partial charge on any atom is -0.455 e. The number of hydrogen-bond donors (Lipinski definition) is 3. The van der Waals surface area contributed by atoms with Gasteiger partial charge in [0.25, 0.3) is 17.5 Å². The van der Waals surface area contributed by atoms with Gasteiger partial charge < -0.3 is 10.1 Å². The minimum atomic E-state index is -0.714. The van der Waals surface area contributed by atoms with E-state index in [1.807, 2.05) is 0 Å². The molecule has 0 bridgehead atoms. The number of amides is 3. The van der Waals surface area contributed by atoms with Crippen LogP contribution in [0.5, 0.6) is 0 Å². The van der Waals surface area contributed by atoms with Crippen molar-refractivity contribution in [2.24, 2.45) is 0 Å².